The average Bonchev–Trinajstić information content (AvgIpc) is 3.73. The summed E-state index contributed by atoms with van der Waals surface area (Å²) < 4.78 is 0. The first kappa shape index (κ1) is 23.8. The molecular formula is C29H32N10. The van der Waals surface area contributed by atoms with Crippen molar-refractivity contribution in [3.63, 3.8) is 0 Å². The molecular weight excluding hydrogens is 488 g/mol. The number of imidazole rings is 1. The molecule has 1 saturated carbocycles. The van der Waals surface area contributed by atoms with E-state index in [0.29, 0.717) is 23.1 Å². The molecule has 10 nitrogen and oxygen atoms in total. The Balaban J connectivity index is 1.21. The molecule has 39 heavy (non-hydrogen) atoms. The summed E-state index contributed by atoms with van der Waals surface area (Å²) in [5.41, 5.74) is 8.74. The second kappa shape index (κ2) is 9.77. The number of nitrogens with zero attached hydrogens (tertiary/aromatic N) is 7. The number of pyridine rings is 3. The number of H-pyrrole nitrogens is 2. The second-order valence-electron chi connectivity index (χ2n) is 10.7. The van der Waals surface area contributed by atoms with Gasteiger partial charge in [0.1, 0.15) is 11.0 Å². The molecule has 2 fully saturated rings. The number of piperazine rings is 1. The van der Waals surface area contributed by atoms with Crippen LogP contribution in [0.1, 0.15) is 25.7 Å². The molecule has 2 aliphatic rings. The molecule has 198 valence electrons. The number of nitrogens with one attached hydrogen (secondary N) is 3. The smallest absolute Gasteiger partial charge is 0.180 e. The third-order valence-corrected chi connectivity index (χ3v) is 8.03. The minimum absolute atomic E-state index is 0.534. The van der Waals surface area contributed by atoms with Crippen LogP contribution >= 0.6 is 0 Å². The Labute approximate surface area is 226 Å². The zero-order chi connectivity index (χ0) is 26.3. The number of rotatable bonds is 6. The van der Waals surface area contributed by atoms with Crippen molar-refractivity contribution < 1.29 is 0 Å². The van der Waals surface area contributed by atoms with Crippen molar-refractivity contribution in [2.75, 3.05) is 43.4 Å². The van der Waals surface area contributed by atoms with Crippen molar-refractivity contribution in [1.82, 2.24) is 40.0 Å². The maximum Gasteiger partial charge on any atom is 0.180 e. The van der Waals surface area contributed by atoms with E-state index < -0.39 is 0 Å². The van der Waals surface area contributed by atoms with Gasteiger partial charge in [0, 0.05) is 49.8 Å². The highest BCUT2D eigenvalue weighted by Gasteiger charge is 2.21. The Bertz CT molecular complexity index is 1650. The number of hydrogen-bond acceptors (Lipinski definition) is 8. The van der Waals surface area contributed by atoms with Gasteiger partial charge in [0.25, 0.3) is 0 Å². The van der Waals surface area contributed by atoms with Crippen molar-refractivity contribution in [3.8, 4) is 22.8 Å². The number of anilines is 2. The van der Waals surface area contributed by atoms with Crippen molar-refractivity contribution in [2.45, 2.75) is 25.7 Å². The molecule has 1 aliphatic carbocycles. The first-order valence-corrected chi connectivity index (χ1v) is 13.7. The van der Waals surface area contributed by atoms with Gasteiger partial charge in [0.15, 0.2) is 17.2 Å². The quantitative estimate of drug-likeness (QED) is 0.292. The highest BCUT2D eigenvalue weighted by atomic mass is 15.3. The maximum absolute atomic E-state index is 4.99. The van der Waals surface area contributed by atoms with Crippen LogP contribution in [0.3, 0.4) is 0 Å². The number of likely N-dealkylation sites (N-methyl/N-ethyl adjacent to an activating group) is 1. The first-order valence-electron chi connectivity index (χ1n) is 13.7. The molecule has 0 radical (unpaired) electrons. The SMILES string of the molecule is C=C(Nc1cncc(-c2ccc3[nH]nc(-c4nc5nccc(N6CCN(C)CC6)c5[nH]4)c3n2)c1)C1CCCC1. The Morgan fingerprint density at radius 1 is 1.05 bits per heavy atom. The first-order chi connectivity index (χ1) is 19.1. The number of aromatic nitrogens is 7. The molecule has 10 heteroatoms. The van der Waals surface area contributed by atoms with E-state index in [0.717, 1.165) is 71.1 Å². The highest BCUT2D eigenvalue weighted by molar-refractivity contribution is 5.93. The van der Waals surface area contributed by atoms with Gasteiger partial charge in [-0.3, -0.25) is 10.1 Å². The third-order valence-electron chi connectivity index (χ3n) is 8.03. The Kier molecular flexibility index (Phi) is 5.96. The summed E-state index contributed by atoms with van der Waals surface area (Å²) in [6.07, 6.45) is 10.5. The lowest BCUT2D eigenvalue weighted by Crippen LogP contribution is -2.44. The number of hydrogen-bond donors (Lipinski definition) is 3. The fourth-order valence-electron chi connectivity index (χ4n) is 5.76. The standard InChI is InChI=1S/C29H32N10/c1-18(19-5-3-4-6-19)32-21-15-20(16-30-17-21)22-7-8-23-25(33-22)27(37-36-23)29-34-26-24(9-10-31-28(26)35-29)39-13-11-38(2)12-14-39/h7-10,15-17,19,32H,1,3-6,11-14H2,2H3,(H,36,37)(H,31,34,35). The summed E-state index contributed by atoms with van der Waals surface area (Å²) in [7, 11) is 2.16. The maximum atomic E-state index is 4.99. The molecule has 7 rings (SSSR count). The van der Waals surface area contributed by atoms with Crippen LogP contribution in [0.15, 0.2) is 55.1 Å². The van der Waals surface area contributed by atoms with Crippen LogP contribution in [0.25, 0.3) is 45.0 Å². The molecule has 5 aromatic rings. The van der Waals surface area contributed by atoms with E-state index in [1.807, 2.05) is 30.7 Å². The van der Waals surface area contributed by atoms with Gasteiger partial charge in [-0.15, -0.1) is 0 Å². The molecule has 0 spiro atoms. The zero-order valence-electron chi connectivity index (χ0n) is 22.1. The highest BCUT2D eigenvalue weighted by Crippen LogP contribution is 2.33. The lowest BCUT2D eigenvalue weighted by Gasteiger charge is -2.34. The second-order valence-corrected chi connectivity index (χ2v) is 10.7. The monoisotopic (exact) mass is 520 g/mol. The van der Waals surface area contributed by atoms with Crippen LogP contribution in [-0.2, 0) is 0 Å². The largest absolute Gasteiger partial charge is 0.367 e. The molecule has 1 saturated heterocycles. The summed E-state index contributed by atoms with van der Waals surface area (Å²) in [6.45, 7) is 8.28. The van der Waals surface area contributed by atoms with E-state index >= 15 is 0 Å². The van der Waals surface area contributed by atoms with E-state index in [9.17, 15) is 0 Å². The average molecular weight is 521 g/mol. The zero-order valence-corrected chi connectivity index (χ0v) is 22.1. The Morgan fingerprint density at radius 3 is 2.74 bits per heavy atom. The van der Waals surface area contributed by atoms with Crippen LogP contribution in [0.2, 0.25) is 0 Å². The molecule has 0 amide bonds. The molecule has 0 unspecified atom stereocenters. The predicted molar refractivity (Wildman–Crippen MR) is 154 cm³/mol. The molecule has 3 N–H and O–H groups in total. The van der Waals surface area contributed by atoms with Crippen molar-refractivity contribution >= 4 is 33.6 Å². The number of fused-ring (bicyclic) bond motifs is 2. The fourth-order valence-corrected chi connectivity index (χ4v) is 5.76. The number of allylic oxidation sites excluding steroid dienone is 1. The number of aromatic amines is 2. The van der Waals surface area contributed by atoms with Gasteiger partial charge >= 0.3 is 0 Å². The van der Waals surface area contributed by atoms with E-state index in [1.54, 1.807) is 0 Å². The topological polar surface area (TPSA) is 115 Å². The Hall–Kier alpha value is -4.31. The summed E-state index contributed by atoms with van der Waals surface area (Å²) in [4.78, 5) is 27.0. The minimum Gasteiger partial charge on any atom is -0.367 e. The lowest BCUT2D eigenvalue weighted by molar-refractivity contribution is 0.313. The Morgan fingerprint density at radius 2 is 1.90 bits per heavy atom. The summed E-state index contributed by atoms with van der Waals surface area (Å²) >= 11 is 0. The van der Waals surface area contributed by atoms with E-state index in [-0.39, 0.29) is 0 Å². The van der Waals surface area contributed by atoms with Gasteiger partial charge in [-0.1, -0.05) is 19.4 Å². The van der Waals surface area contributed by atoms with Crippen molar-refractivity contribution in [1.29, 1.82) is 0 Å². The third kappa shape index (κ3) is 4.50. The summed E-state index contributed by atoms with van der Waals surface area (Å²) in [5, 5.41) is 11.2. The van der Waals surface area contributed by atoms with E-state index in [1.165, 1.54) is 25.7 Å². The molecule has 6 heterocycles. The predicted octanol–water partition coefficient (Wildman–Crippen LogP) is 4.83. The van der Waals surface area contributed by atoms with Crippen LogP contribution < -0.4 is 10.2 Å². The van der Waals surface area contributed by atoms with Crippen LogP contribution in [0, 0.1) is 5.92 Å². The van der Waals surface area contributed by atoms with Gasteiger partial charge in [-0.05, 0) is 50.1 Å². The van der Waals surface area contributed by atoms with E-state index in [4.69, 9.17) is 9.97 Å². The van der Waals surface area contributed by atoms with Crippen LogP contribution in [0.4, 0.5) is 11.4 Å². The fraction of sp³-hybridized carbons (Fsp3) is 0.345. The van der Waals surface area contributed by atoms with Gasteiger partial charge in [-0.2, -0.15) is 5.10 Å². The van der Waals surface area contributed by atoms with Gasteiger partial charge in [0.05, 0.1) is 28.8 Å². The van der Waals surface area contributed by atoms with Gasteiger partial charge in [0.2, 0.25) is 0 Å². The molecule has 1 aliphatic heterocycles. The molecule has 0 atom stereocenters. The normalized spacial score (nSPS) is 16.9. The summed E-state index contributed by atoms with van der Waals surface area (Å²) in [6, 6.07) is 8.13. The summed E-state index contributed by atoms with van der Waals surface area (Å²) in [5.74, 6) is 1.18. The van der Waals surface area contributed by atoms with Gasteiger partial charge in [-0.25, -0.2) is 15.0 Å². The minimum atomic E-state index is 0.534. The molecule has 0 bridgehead atoms. The van der Waals surface area contributed by atoms with Crippen LogP contribution in [0.5, 0.6) is 0 Å². The van der Waals surface area contributed by atoms with Gasteiger partial charge < -0.3 is 20.1 Å². The van der Waals surface area contributed by atoms with Crippen molar-refractivity contribution in [3.05, 3.63) is 55.1 Å². The van der Waals surface area contributed by atoms with Crippen molar-refractivity contribution in [2.24, 2.45) is 5.92 Å². The van der Waals surface area contributed by atoms with E-state index in [2.05, 4.69) is 66.0 Å². The lowest BCUT2D eigenvalue weighted by atomic mass is 10.0. The molecule has 5 aromatic heterocycles. The van der Waals surface area contributed by atoms with Crippen LogP contribution in [-0.4, -0.2) is 73.2 Å². The molecule has 0 aromatic carbocycles.